The minimum absolute atomic E-state index is 0.321. The summed E-state index contributed by atoms with van der Waals surface area (Å²) in [6.07, 6.45) is 0. The van der Waals surface area contributed by atoms with Gasteiger partial charge in [-0.05, 0) is 32.1 Å². The summed E-state index contributed by atoms with van der Waals surface area (Å²) in [6, 6.07) is 8.08. The summed E-state index contributed by atoms with van der Waals surface area (Å²) in [7, 11) is 0. The number of hydrogen-bond donors (Lipinski definition) is 0. The molecule has 0 fully saturated rings. The second kappa shape index (κ2) is 7.09. The third-order valence-electron chi connectivity index (χ3n) is 3.60. The molecular formula is C16H22N4O. The first-order valence-electron chi connectivity index (χ1n) is 7.44. The van der Waals surface area contributed by atoms with Gasteiger partial charge in [-0.15, -0.1) is 0 Å². The second-order valence-corrected chi connectivity index (χ2v) is 4.82. The van der Waals surface area contributed by atoms with Crippen LogP contribution in [0.1, 0.15) is 26.6 Å². The van der Waals surface area contributed by atoms with Gasteiger partial charge in [0.05, 0.1) is 30.3 Å². The number of nitriles is 1. The Morgan fingerprint density at radius 2 is 2.05 bits per heavy atom. The maximum Gasteiger partial charge on any atom is 0.125 e. The summed E-state index contributed by atoms with van der Waals surface area (Å²) in [6.45, 7) is 9.88. The van der Waals surface area contributed by atoms with E-state index in [2.05, 4.69) is 24.8 Å². The van der Waals surface area contributed by atoms with Crippen molar-refractivity contribution in [1.29, 1.82) is 5.26 Å². The van der Waals surface area contributed by atoms with Crippen LogP contribution in [0.25, 0.3) is 11.0 Å². The normalized spacial score (nSPS) is 11.0. The Kier molecular flexibility index (Phi) is 5.18. The molecule has 0 N–H and O–H groups in total. The van der Waals surface area contributed by atoms with Crippen molar-refractivity contribution >= 4 is 11.0 Å². The van der Waals surface area contributed by atoms with Crippen LogP contribution in [0.3, 0.4) is 0 Å². The summed E-state index contributed by atoms with van der Waals surface area (Å²) in [5.41, 5.74) is 1.88. The first-order valence-corrected chi connectivity index (χ1v) is 7.44. The second-order valence-electron chi connectivity index (χ2n) is 4.82. The summed E-state index contributed by atoms with van der Waals surface area (Å²) >= 11 is 0. The molecule has 0 radical (unpaired) electrons. The van der Waals surface area contributed by atoms with Crippen molar-refractivity contribution in [3.63, 3.8) is 0 Å². The van der Waals surface area contributed by atoms with Crippen molar-refractivity contribution in [2.45, 2.75) is 33.9 Å². The maximum absolute atomic E-state index is 9.07. The van der Waals surface area contributed by atoms with Crippen molar-refractivity contribution in [3.8, 4) is 11.8 Å². The molecule has 2 aromatic rings. The highest BCUT2D eigenvalue weighted by atomic mass is 16.5. The Balaban J connectivity index is 2.43. The molecular weight excluding hydrogens is 264 g/mol. The van der Waals surface area contributed by atoms with Gasteiger partial charge in [0.1, 0.15) is 18.1 Å². The van der Waals surface area contributed by atoms with E-state index in [9.17, 15) is 0 Å². The molecule has 0 saturated carbocycles. The minimum atomic E-state index is 0.321. The van der Waals surface area contributed by atoms with Gasteiger partial charge in [-0.1, -0.05) is 13.8 Å². The number of fused-ring (bicyclic) bond motifs is 1. The van der Waals surface area contributed by atoms with E-state index in [4.69, 9.17) is 15.0 Å². The first kappa shape index (κ1) is 15.3. The molecule has 21 heavy (non-hydrogen) atoms. The molecule has 0 aliphatic carbocycles. The van der Waals surface area contributed by atoms with Crippen LogP contribution < -0.4 is 4.74 Å². The summed E-state index contributed by atoms with van der Waals surface area (Å²) in [5.74, 6) is 1.75. The maximum atomic E-state index is 9.07. The topological polar surface area (TPSA) is 54.1 Å². The average molecular weight is 286 g/mol. The molecule has 0 spiro atoms. The van der Waals surface area contributed by atoms with E-state index < -0.39 is 0 Å². The van der Waals surface area contributed by atoms with Crippen molar-refractivity contribution in [2.24, 2.45) is 0 Å². The molecule has 2 rings (SSSR count). The zero-order chi connectivity index (χ0) is 15.2. The van der Waals surface area contributed by atoms with Gasteiger partial charge in [0.25, 0.3) is 0 Å². The molecule has 0 aliphatic heterocycles. The summed E-state index contributed by atoms with van der Waals surface area (Å²) in [5, 5.41) is 9.07. The van der Waals surface area contributed by atoms with E-state index in [1.54, 1.807) is 0 Å². The number of nitrogens with zero attached hydrogens (tertiary/aromatic N) is 4. The van der Waals surface area contributed by atoms with Crippen LogP contribution in [0.15, 0.2) is 18.2 Å². The van der Waals surface area contributed by atoms with E-state index in [-0.39, 0.29) is 0 Å². The zero-order valence-electron chi connectivity index (χ0n) is 13.0. The van der Waals surface area contributed by atoms with Crippen LogP contribution in [0.4, 0.5) is 0 Å². The van der Waals surface area contributed by atoms with E-state index >= 15 is 0 Å². The predicted octanol–water partition coefficient (Wildman–Crippen LogP) is 2.80. The fourth-order valence-electron chi connectivity index (χ4n) is 2.43. The lowest BCUT2D eigenvalue weighted by Gasteiger charge is -2.17. The van der Waals surface area contributed by atoms with Crippen LogP contribution in [-0.4, -0.2) is 34.1 Å². The Labute approximate surface area is 125 Å². The van der Waals surface area contributed by atoms with E-state index in [0.29, 0.717) is 13.2 Å². The van der Waals surface area contributed by atoms with E-state index in [0.717, 1.165) is 42.2 Å². The van der Waals surface area contributed by atoms with Crippen molar-refractivity contribution in [3.05, 3.63) is 24.0 Å². The van der Waals surface area contributed by atoms with Crippen LogP contribution in [0, 0.1) is 11.3 Å². The van der Waals surface area contributed by atoms with Gasteiger partial charge in [-0.25, -0.2) is 4.98 Å². The van der Waals surface area contributed by atoms with Gasteiger partial charge >= 0.3 is 0 Å². The van der Waals surface area contributed by atoms with Crippen molar-refractivity contribution < 1.29 is 4.74 Å². The van der Waals surface area contributed by atoms with Gasteiger partial charge in [0.2, 0.25) is 0 Å². The zero-order valence-corrected chi connectivity index (χ0v) is 13.0. The van der Waals surface area contributed by atoms with E-state index in [1.165, 1.54) is 0 Å². The van der Waals surface area contributed by atoms with Gasteiger partial charge < -0.3 is 9.30 Å². The third-order valence-corrected chi connectivity index (χ3v) is 3.60. The highest BCUT2D eigenvalue weighted by Gasteiger charge is 2.13. The molecule has 1 aromatic heterocycles. The molecule has 0 atom stereocenters. The largest absolute Gasteiger partial charge is 0.494 e. The van der Waals surface area contributed by atoms with Gasteiger partial charge in [0, 0.05) is 6.07 Å². The van der Waals surface area contributed by atoms with Crippen LogP contribution in [0.2, 0.25) is 0 Å². The fraction of sp³-hybridized carbons (Fsp3) is 0.500. The number of aromatic nitrogens is 2. The molecule has 1 heterocycles. The predicted molar refractivity (Wildman–Crippen MR) is 83.1 cm³/mol. The number of hydrogen-bond acceptors (Lipinski definition) is 4. The molecule has 0 bridgehead atoms. The lowest BCUT2D eigenvalue weighted by molar-refractivity contribution is 0.285. The monoisotopic (exact) mass is 286 g/mol. The summed E-state index contributed by atoms with van der Waals surface area (Å²) < 4.78 is 7.51. The Hall–Kier alpha value is -2.06. The summed E-state index contributed by atoms with van der Waals surface area (Å²) in [4.78, 5) is 6.99. The Morgan fingerprint density at radius 1 is 1.29 bits per heavy atom. The minimum Gasteiger partial charge on any atom is -0.494 e. The van der Waals surface area contributed by atoms with Gasteiger partial charge in [0.15, 0.2) is 0 Å². The quantitative estimate of drug-likeness (QED) is 0.785. The molecule has 5 nitrogen and oxygen atoms in total. The molecule has 5 heteroatoms. The van der Waals surface area contributed by atoms with Crippen molar-refractivity contribution in [1.82, 2.24) is 14.5 Å². The molecule has 1 aromatic carbocycles. The number of rotatable bonds is 7. The molecule has 0 unspecified atom stereocenters. The number of imidazole rings is 1. The lowest BCUT2D eigenvalue weighted by Crippen LogP contribution is -2.24. The van der Waals surface area contributed by atoms with Crippen LogP contribution >= 0.6 is 0 Å². The number of ether oxygens (including phenoxy) is 1. The molecule has 0 saturated heterocycles. The fourth-order valence-corrected chi connectivity index (χ4v) is 2.43. The SMILES string of the molecule is CCOc1ccc2c(c1)nc(CN(CC)CC)n2CC#N. The van der Waals surface area contributed by atoms with Crippen molar-refractivity contribution in [2.75, 3.05) is 19.7 Å². The Bertz CT molecular complexity index is 637. The third kappa shape index (κ3) is 3.34. The molecule has 112 valence electrons. The smallest absolute Gasteiger partial charge is 0.125 e. The van der Waals surface area contributed by atoms with Crippen LogP contribution in [-0.2, 0) is 13.1 Å². The van der Waals surface area contributed by atoms with Gasteiger partial charge in [-0.3, -0.25) is 4.90 Å². The van der Waals surface area contributed by atoms with Crippen LogP contribution in [0.5, 0.6) is 5.75 Å². The highest BCUT2D eigenvalue weighted by Crippen LogP contribution is 2.22. The number of benzene rings is 1. The van der Waals surface area contributed by atoms with E-state index in [1.807, 2.05) is 29.7 Å². The molecule has 0 amide bonds. The highest BCUT2D eigenvalue weighted by molar-refractivity contribution is 5.78. The first-order chi connectivity index (χ1) is 10.2. The Morgan fingerprint density at radius 3 is 2.67 bits per heavy atom. The van der Waals surface area contributed by atoms with Gasteiger partial charge in [-0.2, -0.15) is 5.26 Å². The molecule has 0 aliphatic rings. The average Bonchev–Trinajstić information content (AvgIpc) is 2.82. The standard InChI is InChI=1S/C16H22N4O/c1-4-19(5-2)12-16-18-14-11-13(21-6-3)7-8-15(14)20(16)10-9-17/h7-8,11H,4-6,10,12H2,1-3H3. The lowest BCUT2D eigenvalue weighted by atomic mass is 10.3.